The molecule has 0 unspecified atom stereocenters. The van der Waals surface area contributed by atoms with Gasteiger partial charge in [-0.1, -0.05) is 12.1 Å². The summed E-state index contributed by atoms with van der Waals surface area (Å²) in [6, 6.07) is 8.47. The molecule has 1 atom stereocenters. The van der Waals surface area contributed by atoms with Gasteiger partial charge in [0.2, 0.25) is 0 Å². The summed E-state index contributed by atoms with van der Waals surface area (Å²) in [5.41, 5.74) is 2.24. The van der Waals surface area contributed by atoms with Crippen molar-refractivity contribution < 1.29 is 4.74 Å². The Morgan fingerprint density at radius 3 is 3.06 bits per heavy atom. The van der Waals surface area contributed by atoms with Gasteiger partial charge in [-0.25, -0.2) is 4.98 Å². The normalized spacial score (nSPS) is 19.1. The summed E-state index contributed by atoms with van der Waals surface area (Å²) >= 11 is 1.69. The minimum Gasteiger partial charge on any atom is -0.496 e. The molecule has 0 bridgehead atoms. The van der Waals surface area contributed by atoms with Crippen LogP contribution in [0.3, 0.4) is 0 Å². The Balaban J connectivity index is 1.92. The summed E-state index contributed by atoms with van der Waals surface area (Å²) < 4.78 is 5.39. The molecule has 94 valence electrons. The molecule has 1 aromatic carbocycles. The van der Waals surface area contributed by atoms with Crippen LogP contribution in [-0.2, 0) is 0 Å². The van der Waals surface area contributed by atoms with Gasteiger partial charge in [-0.2, -0.15) is 0 Å². The second-order valence-electron chi connectivity index (χ2n) is 4.43. The molecule has 3 nitrogen and oxygen atoms in total. The fourth-order valence-corrected chi connectivity index (χ4v) is 3.23. The predicted octanol–water partition coefficient (Wildman–Crippen LogP) is 3.24. The van der Waals surface area contributed by atoms with Gasteiger partial charge < -0.3 is 10.1 Å². The molecule has 0 amide bonds. The lowest BCUT2D eigenvalue weighted by atomic mass is 10.2. The number of hydrogen-bond donors (Lipinski definition) is 1. The maximum atomic E-state index is 5.39. The van der Waals surface area contributed by atoms with Crippen molar-refractivity contribution in [3.8, 4) is 16.3 Å². The van der Waals surface area contributed by atoms with Crippen LogP contribution in [0.5, 0.6) is 5.75 Å². The Hall–Kier alpha value is -1.39. The zero-order chi connectivity index (χ0) is 12.4. The Kier molecular flexibility index (Phi) is 3.30. The third-order valence-corrected chi connectivity index (χ3v) is 4.17. The first-order chi connectivity index (χ1) is 8.88. The number of rotatable bonds is 3. The fourth-order valence-electron chi connectivity index (χ4n) is 2.33. The van der Waals surface area contributed by atoms with E-state index < -0.39 is 0 Å². The van der Waals surface area contributed by atoms with Gasteiger partial charge in [0.05, 0.1) is 24.4 Å². The molecular formula is C14H16N2OS. The van der Waals surface area contributed by atoms with E-state index in [9.17, 15) is 0 Å². The maximum Gasteiger partial charge on any atom is 0.129 e. The molecule has 18 heavy (non-hydrogen) atoms. The summed E-state index contributed by atoms with van der Waals surface area (Å²) in [6.45, 7) is 1.10. The Labute approximate surface area is 111 Å². The van der Waals surface area contributed by atoms with Gasteiger partial charge in [0, 0.05) is 5.38 Å². The number of hydrogen-bond acceptors (Lipinski definition) is 4. The van der Waals surface area contributed by atoms with E-state index in [1.807, 2.05) is 18.2 Å². The lowest BCUT2D eigenvalue weighted by molar-refractivity contribution is 0.416. The highest BCUT2D eigenvalue weighted by Crippen LogP contribution is 2.34. The van der Waals surface area contributed by atoms with Gasteiger partial charge >= 0.3 is 0 Å². The smallest absolute Gasteiger partial charge is 0.129 e. The fraction of sp³-hybridized carbons (Fsp3) is 0.357. The SMILES string of the molecule is COc1ccccc1-c1nc([C@@H]2CCCN2)cs1. The van der Waals surface area contributed by atoms with Crippen molar-refractivity contribution in [3.05, 3.63) is 35.3 Å². The summed E-state index contributed by atoms with van der Waals surface area (Å²) in [5, 5.41) is 6.67. The number of aromatic nitrogens is 1. The molecule has 2 aromatic rings. The van der Waals surface area contributed by atoms with Crippen LogP contribution in [0.1, 0.15) is 24.6 Å². The number of para-hydroxylation sites is 1. The van der Waals surface area contributed by atoms with Crippen molar-refractivity contribution in [1.29, 1.82) is 0 Å². The molecule has 1 N–H and O–H groups in total. The summed E-state index contributed by atoms with van der Waals surface area (Å²) in [7, 11) is 1.70. The average molecular weight is 260 g/mol. The van der Waals surface area contributed by atoms with E-state index in [2.05, 4.69) is 16.8 Å². The monoisotopic (exact) mass is 260 g/mol. The first-order valence-corrected chi connectivity index (χ1v) is 7.08. The molecule has 1 aromatic heterocycles. The number of benzene rings is 1. The van der Waals surface area contributed by atoms with E-state index in [1.165, 1.54) is 18.5 Å². The largest absolute Gasteiger partial charge is 0.496 e. The molecular weight excluding hydrogens is 244 g/mol. The highest BCUT2D eigenvalue weighted by atomic mass is 32.1. The Morgan fingerprint density at radius 2 is 2.28 bits per heavy atom. The van der Waals surface area contributed by atoms with E-state index in [4.69, 9.17) is 9.72 Å². The highest BCUT2D eigenvalue weighted by Gasteiger charge is 2.19. The molecule has 0 spiro atoms. The number of methoxy groups -OCH3 is 1. The predicted molar refractivity (Wildman–Crippen MR) is 74.1 cm³/mol. The number of thiazole rings is 1. The summed E-state index contributed by atoms with van der Waals surface area (Å²) in [6.07, 6.45) is 2.43. The van der Waals surface area contributed by atoms with Crippen LogP contribution in [0.2, 0.25) is 0 Å². The Bertz CT molecular complexity index is 532. The van der Waals surface area contributed by atoms with Crippen molar-refractivity contribution in [2.75, 3.05) is 13.7 Å². The topological polar surface area (TPSA) is 34.1 Å². The second-order valence-corrected chi connectivity index (χ2v) is 5.28. The summed E-state index contributed by atoms with van der Waals surface area (Å²) in [4.78, 5) is 4.75. The van der Waals surface area contributed by atoms with Crippen LogP contribution < -0.4 is 10.1 Å². The molecule has 0 saturated carbocycles. The zero-order valence-corrected chi connectivity index (χ0v) is 11.2. The van der Waals surface area contributed by atoms with Crippen molar-refractivity contribution in [2.45, 2.75) is 18.9 Å². The molecule has 4 heteroatoms. The van der Waals surface area contributed by atoms with E-state index in [0.29, 0.717) is 6.04 Å². The van der Waals surface area contributed by atoms with Crippen LogP contribution >= 0.6 is 11.3 Å². The van der Waals surface area contributed by atoms with E-state index >= 15 is 0 Å². The minimum absolute atomic E-state index is 0.435. The van der Waals surface area contributed by atoms with E-state index in [0.717, 1.165) is 22.9 Å². The van der Waals surface area contributed by atoms with Gasteiger partial charge in [0.1, 0.15) is 10.8 Å². The van der Waals surface area contributed by atoms with Crippen molar-refractivity contribution in [3.63, 3.8) is 0 Å². The van der Waals surface area contributed by atoms with Gasteiger partial charge in [-0.3, -0.25) is 0 Å². The molecule has 1 fully saturated rings. The number of nitrogens with zero attached hydrogens (tertiary/aromatic N) is 1. The van der Waals surface area contributed by atoms with Crippen LogP contribution in [-0.4, -0.2) is 18.6 Å². The van der Waals surface area contributed by atoms with Gasteiger partial charge in [0.15, 0.2) is 0 Å². The maximum absolute atomic E-state index is 5.39. The summed E-state index contributed by atoms with van der Waals surface area (Å²) in [5.74, 6) is 0.887. The highest BCUT2D eigenvalue weighted by molar-refractivity contribution is 7.13. The first kappa shape index (κ1) is 11.7. The van der Waals surface area contributed by atoms with Crippen molar-refractivity contribution in [2.24, 2.45) is 0 Å². The molecule has 0 radical (unpaired) electrons. The van der Waals surface area contributed by atoms with Crippen molar-refractivity contribution in [1.82, 2.24) is 10.3 Å². The first-order valence-electron chi connectivity index (χ1n) is 6.20. The van der Waals surface area contributed by atoms with Crippen LogP contribution in [0, 0.1) is 0 Å². The lowest BCUT2D eigenvalue weighted by Gasteiger charge is -2.06. The third-order valence-electron chi connectivity index (χ3n) is 3.28. The van der Waals surface area contributed by atoms with Crippen LogP contribution in [0.25, 0.3) is 10.6 Å². The van der Waals surface area contributed by atoms with Gasteiger partial charge in [-0.15, -0.1) is 11.3 Å². The Morgan fingerprint density at radius 1 is 1.39 bits per heavy atom. The van der Waals surface area contributed by atoms with Gasteiger partial charge in [-0.05, 0) is 31.5 Å². The van der Waals surface area contributed by atoms with Crippen molar-refractivity contribution >= 4 is 11.3 Å². The number of ether oxygens (including phenoxy) is 1. The zero-order valence-electron chi connectivity index (χ0n) is 10.3. The molecule has 2 heterocycles. The van der Waals surface area contributed by atoms with E-state index in [-0.39, 0.29) is 0 Å². The minimum atomic E-state index is 0.435. The van der Waals surface area contributed by atoms with Crippen LogP contribution in [0.15, 0.2) is 29.6 Å². The quantitative estimate of drug-likeness (QED) is 0.920. The average Bonchev–Trinajstić information content (AvgIpc) is 3.09. The van der Waals surface area contributed by atoms with E-state index in [1.54, 1.807) is 18.4 Å². The molecule has 1 saturated heterocycles. The second kappa shape index (κ2) is 5.08. The standard InChI is InChI=1S/C14H16N2OS/c1-17-13-7-3-2-5-10(13)14-16-12(9-18-14)11-6-4-8-15-11/h2-3,5,7,9,11,15H,4,6,8H2,1H3/t11-/m0/s1. The van der Waals surface area contributed by atoms with Crippen LogP contribution in [0.4, 0.5) is 0 Å². The number of nitrogens with one attached hydrogen (secondary N) is 1. The third kappa shape index (κ3) is 2.13. The molecule has 1 aliphatic heterocycles. The molecule has 1 aliphatic rings. The molecule has 3 rings (SSSR count). The van der Waals surface area contributed by atoms with Gasteiger partial charge in [0.25, 0.3) is 0 Å². The molecule has 0 aliphatic carbocycles. The lowest BCUT2D eigenvalue weighted by Crippen LogP contribution is -2.12.